The van der Waals surface area contributed by atoms with Crippen molar-refractivity contribution in [1.29, 1.82) is 0 Å². The van der Waals surface area contributed by atoms with Gasteiger partial charge in [0.15, 0.2) is 0 Å². The van der Waals surface area contributed by atoms with Crippen molar-refractivity contribution in [3.8, 4) is 5.75 Å². The zero-order chi connectivity index (χ0) is 20.9. The predicted molar refractivity (Wildman–Crippen MR) is 118 cm³/mol. The van der Waals surface area contributed by atoms with E-state index in [1.165, 1.54) is 0 Å². The second kappa shape index (κ2) is 9.49. The van der Waals surface area contributed by atoms with Crippen LogP contribution in [0.25, 0.3) is 5.65 Å². The van der Waals surface area contributed by atoms with Gasteiger partial charge in [-0.3, -0.25) is 9.69 Å². The van der Waals surface area contributed by atoms with Gasteiger partial charge in [-0.2, -0.15) is 0 Å². The number of aryl methyl sites for hydroxylation is 1. The number of nitrogens with zero attached hydrogens (tertiary/aromatic N) is 4. The minimum atomic E-state index is 0.213. The molecular weight excluding hydrogens is 400 g/mol. The van der Waals surface area contributed by atoms with Crippen LogP contribution >= 0.6 is 11.6 Å². The fourth-order valence-corrected chi connectivity index (χ4v) is 3.93. The number of carbonyl (C=O) groups is 1. The lowest BCUT2D eigenvalue weighted by molar-refractivity contribution is -0.133. The normalized spacial score (nSPS) is 14.9. The van der Waals surface area contributed by atoms with Gasteiger partial charge in [-0.25, -0.2) is 4.98 Å². The number of para-hydroxylation sites is 1. The molecule has 158 valence electrons. The summed E-state index contributed by atoms with van der Waals surface area (Å²) in [6, 6.07) is 11.7. The van der Waals surface area contributed by atoms with Gasteiger partial charge in [0.05, 0.1) is 17.3 Å². The van der Waals surface area contributed by atoms with Crippen molar-refractivity contribution < 1.29 is 9.53 Å². The topological polar surface area (TPSA) is 50.1 Å². The number of ether oxygens (including phenoxy) is 1. The van der Waals surface area contributed by atoms with Gasteiger partial charge in [-0.1, -0.05) is 29.8 Å². The largest absolute Gasteiger partial charge is 0.493 e. The van der Waals surface area contributed by atoms with E-state index in [9.17, 15) is 4.79 Å². The molecule has 1 fully saturated rings. The summed E-state index contributed by atoms with van der Waals surface area (Å²) in [7, 11) is 0. The highest BCUT2D eigenvalue weighted by atomic mass is 35.5. The second-order valence-corrected chi connectivity index (χ2v) is 8.16. The molecule has 0 aliphatic carbocycles. The summed E-state index contributed by atoms with van der Waals surface area (Å²) in [6.45, 7) is 6.62. The Morgan fingerprint density at radius 1 is 1.10 bits per heavy atom. The van der Waals surface area contributed by atoms with Crippen LogP contribution in [-0.2, 0) is 11.3 Å². The number of aromatic nitrogens is 2. The molecule has 30 heavy (non-hydrogen) atoms. The first kappa shape index (κ1) is 20.7. The van der Waals surface area contributed by atoms with Crippen LogP contribution in [0.5, 0.6) is 5.75 Å². The van der Waals surface area contributed by atoms with E-state index in [1.54, 1.807) is 0 Å². The number of hydrogen-bond acceptors (Lipinski definition) is 4. The zero-order valence-electron chi connectivity index (χ0n) is 17.3. The average molecular weight is 427 g/mol. The molecule has 0 radical (unpaired) electrons. The maximum Gasteiger partial charge on any atom is 0.222 e. The summed E-state index contributed by atoms with van der Waals surface area (Å²) in [6.07, 6.45) is 5.15. The molecule has 3 heterocycles. The van der Waals surface area contributed by atoms with Gasteiger partial charge in [0, 0.05) is 51.5 Å². The summed E-state index contributed by atoms with van der Waals surface area (Å²) < 4.78 is 7.75. The van der Waals surface area contributed by atoms with Crippen LogP contribution in [0.3, 0.4) is 0 Å². The van der Waals surface area contributed by atoms with E-state index >= 15 is 0 Å². The molecule has 0 spiro atoms. The summed E-state index contributed by atoms with van der Waals surface area (Å²) in [5, 5.41) is 0.697. The summed E-state index contributed by atoms with van der Waals surface area (Å²) in [5.41, 5.74) is 3.04. The Labute approximate surface area is 182 Å². The number of fused-ring (bicyclic) bond motifs is 1. The van der Waals surface area contributed by atoms with Crippen LogP contribution in [0.1, 0.15) is 24.1 Å². The van der Waals surface area contributed by atoms with E-state index in [0.717, 1.165) is 61.8 Å². The number of carbonyl (C=O) groups excluding carboxylic acids is 1. The van der Waals surface area contributed by atoms with Gasteiger partial charge in [0.1, 0.15) is 11.4 Å². The van der Waals surface area contributed by atoms with Crippen LogP contribution in [-0.4, -0.2) is 57.9 Å². The van der Waals surface area contributed by atoms with Crippen molar-refractivity contribution in [2.45, 2.75) is 26.3 Å². The minimum Gasteiger partial charge on any atom is -0.493 e. The third-order valence-electron chi connectivity index (χ3n) is 5.46. The Morgan fingerprint density at radius 3 is 2.70 bits per heavy atom. The monoisotopic (exact) mass is 426 g/mol. The smallest absolute Gasteiger partial charge is 0.222 e. The van der Waals surface area contributed by atoms with Crippen molar-refractivity contribution in [3.05, 3.63) is 65.1 Å². The number of hydrogen-bond donors (Lipinski definition) is 0. The van der Waals surface area contributed by atoms with Crippen LogP contribution in [0.2, 0.25) is 5.02 Å². The lowest BCUT2D eigenvalue weighted by atomic mass is 10.2. The Hall–Kier alpha value is -2.57. The molecule has 4 rings (SSSR count). The Balaban J connectivity index is 1.19. The lowest BCUT2D eigenvalue weighted by Crippen LogP contribution is -2.48. The minimum absolute atomic E-state index is 0.213. The number of halogens is 1. The summed E-state index contributed by atoms with van der Waals surface area (Å²) in [5.74, 6) is 1.11. The Bertz CT molecular complexity index is 1010. The third-order valence-corrected chi connectivity index (χ3v) is 5.69. The third kappa shape index (κ3) is 5.12. The molecule has 0 atom stereocenters. The fraction of sp³-hybridized carbons (Fsp3) is 0.391. The number of amides is 1. The van der Waals surface area contributed by atoms with Gasteiger partial charge in [0.2, 0.25) is 5.91 Å². The molecule has 3 aromatic rings. The highest BCUT2D eigenvalue weighted by Gasteiger charge is 2.21. The standard InChI is InChI=1S/C23H27ClN4O2/c1-18-5-2-3-6-21(18)30-14-4-7-23(29)27-12-10-26(11-13-27)16-20-17-28-15-19(24)8-9-22(28)25-20/h2-3,5-6,8-9,15,17H,4,7,10-14,16H2,1H3. The molecule has 1 saturated heterocycles. The zero-order valence-corrected chi connectivity index (χ0v) is 18.0. The number of imidazole rings is 1. The molecule has 0 N–H and O–H groups in total. The van der Waals surface area contributed by atoms with E-state index in [-0.39, 0.29) is 5.91 Å². The maximum atomic E-state index is 12.5. The molecule has 1 aliphatic heterocycles. The van der Waals surface area contributed by atoms with Gasteiger partial charge in [0.25, 0.3) is 0 Å². The lowest BCUT2D eigenvalue weighted by Gasteiger charge is -2.34. The molecule has 2 aromatic heterocycles. The van der Waals surface area contributed by atoms with Crippen LogP contribution in [0, 0.1) is 6.92 Å². The quantitative estimate of drug-likeness (QED) is 0.539. The first-order valence-electron chi connectivity index (χ1n) is 10.4. The molecule has 6 nitrogen and oxygen atoms in total. The number of piperazine rings is 1. The van der Waals surface area contributed by atoms with E-state index < -0.39 is 0 Å². The van der Waals surface area contributed by atoms with Crippen molar-refractivity contribution in [3.63, 3.8) is 0 Å². The summed E-state index contributed by atoms with van der Waals surface area (Å²) >= 11 is 6.04. The Morgan fingerprint density at radius 2 is 1.90 bits per heavy atom. The van der Waals surface area contributed by atoms with Crippen molar-refractivity contribution in [2.24, 2.45) is 0 Å². The van der Waals surface area contributed by atoms with E-state index in [1.807, 2.05) is 65.0 Å². The van der Waals surface area contributed by atoms with E-state index in [0.29, 0.717) is 18.1 Å². The predicted octanol–water partition coefficient (Wildman–Crippen LogP) is 3.80. The van der Waals surface area contributed by atoms with Gasteiger partial charge in [-0.15, -0.1) is 0 Å². The second-order valence-electron chi connectivity index (χ2n) is 7.72. The average Bonchev–Trinajstić information content (AvgIpc) is 3.14. The van der Waals surface area contributed by atoms with Gasteiger partial charge >= 0.3 is 0 Å². The summed E-state index contributed by atoms with van der Waals surface area (Å²) in [4.78, 5) is 21.5. The van der Waals surface area contributed by atoms with Gasteiger partial charge < -0.3 is 14.0 Å². The van der Waals surface area contributed by atoms with E-state index in [2.05, 4.69) is 9.88 Å². The van der Waals surface area contributed by atoms with Crippen molar-refractivity contribution in [2.75, 3.05) is 32.8 Å². The highest BCUT2D eigenvalue weighted by Crippen LogP contribution is 2.17. The number of pyridine rings is 1. The van der Waals surface area contributed by atoms with Crippen LogP contribution in [0.4, 0.5) is 0 Å². The highest BCUT2D eigenvalue weighted by molar-refractivity contribution is 6.30. The molecule has 0 saturated carbocycles. The van der Waals surface area contributed by atoms with Crippen LogP contribution in [0.15, 0.2) is 48.8 Å². The number of benzene rings is 1. The molecule has 1 aromatic carbocycles. The molecular formula is C23H27ClN4O2. The molecule has 7 heteroatoms. The number of rotatable bonds is 7. The van der Waals surface area contributed by atoms with Gasteiger partial charge in [-0.05, 0) is 37.1 Å². The molecule has 0 unspecified atom stereocenters. The molecule has 0 bridgehead atoms. The molecule has 1 aliphatic rings. The van der Waals surface area contributed by atoms with Crippen molar-refractivity contribution >= 4 is 23.2 Å². The van der Waals surface area contributed by atoms with Crippen molar-refractivity contribution in [1.82, 2.24) is 19.2 Å². The molecule has 1 amide bonds. The first-order chi connectivity index (χ1) is 14.6. The maximum absolute atomic E-state index is 12.5. The van der Waals surface area contributed by atoms with Crippen LogP contribution < -0.4 is 4.74 Å². The Kier molecular flexibility index (Phi) is 6.55. The van der Waals surface area contributed by atoms with E-state index in [4.69, 9.17) is 16.3 Å². The first-order valence-corrected chi connectivity index (χ1v) is 10.8. The SMILES string of the molecule is Cc1ccccc1OCCCC(=O)N1CCN(Cc2cn3cc(Cl)ccc3n2)CC1. The fourth-order valence-electron chi connectivity index (χ4n) is 3.76.